The molecule has 0 radical (unpaired) electrons. The summed E-state index contributed by atoms with van der Waals surface area (Å²) in [6, 6.07) is 19.1. The molecule has 1 aliphatic rings. The lowest BCUT2D eigenvalue weighted by Gasteiger charge is -2.30. The zero-order chi connectivity index (χ0) is 18.8. The van der Waals surface area contributed by atoms with Gasteiger partial charge in [0.2, 0.25) is 0 Å². The topological polar surface area (TPSA) is 59.5 Å². The van der Waals surface area contributed by atoms with Gasteiger partial charge in [-0.2, -0.15) is 0 Å². The van der Waals surface area contributed by atoms with Gasteiger partial charge in [0.25, 0.3) is 5.91 Å². The lowest BCUT2D eigenvalue weighted by atomic mass is 9.99. The average Bonchev–Trinajstić information content (AvgIpc) is 2.72. The molecule has 3 aromatic rings. The quantitative estimate of drug-likeness (QED) is 0.672. The predicted molar refractivity (Wildman–Crippen MR) is 102 cm³/mol. The molecule has 1 aromatic heterocycles. The van der Waals surface area contributed by atoms with Crippen LogP contribution < -0.4 is 0 Å². The molecule has 0 unspecified atom stereocenters. The van der Waals surface area contributed by atoms with Gasteiger partial charge in [-0.1, -0.05) is 48.5 Å². The van der Waals surface area contributed by atoms with Crippen molar-refractivity contribution in [2.75, 3.05) is 6.54 Å². The van der Waals surface area contributed by atoms with Gasteiger partial charge < -0.3 is 9.64 Å². The van der Waals surface area contributed by atoms with Crippen LogP contribution >= 0.6 is 0 Å². The molecular formula is C22H20N2O3. The van der Waals surface area contributed by atoms with Gasteiger partial charge in [-0.25, -0.2) is 9.78 Å². The molecule has 0 aliphatic carbocycles. The third-order valence-electron chi connectivity index (χ3n) is 4.88. The van der Waals surface area contributed by atoms with Crippen molar-refractivity contribution in [1.29, 1.82) is 0 Å². The average molecular weight is 360 g/mol. The van der Waals surface area contributed by atoms with Crippen molar-refractivity contribution >= 4 is 22.8 Å². The largest absolute Gasteiger partial charge is 0.448 e. The second-order valence-electron chi connectivity index (χ2n) is 6.72. The summed E-state index contributed by atoms with van der Waals surface area (Å²) >= 11 is 0. The predicted octanol–water partition coefficient (Wildman–Crippen LogP) is 3.37. The van der Waals surface area contributed by atoms with E-state index in [0.29, 0.717) is 13.1 Å². The molecule has 2 aromatic carbocycles. The summed E-state index contributed by atoms with van der Waals surface area (Å²) in [6.07, 6.45) is -0.0366. The number of pyridine rings is 1. The number of ether oxygens (including phenoxy) is 1. The number of benzene rings is 2. The molecule has 1 atom stereocenters. The molecule has 0 bridgehead atoms. The van der Waals surface area contributed by atoms with Crippen LogP contribution in [0.3, 0.4) is 0 Å². The van der Waals surface area contributed by atoms with Crippen molar-refractivity contribution in [3.8, 4) is 0 Å². The fourth-order valence-electron chi connectivity index (χ4n) is 3.39. The van der Waals surface area contributed by atoms with Gasteiger partial charge in [0.15, 0.2) is 6.10 Å². The maximum Gasteiger partial charge on any atom is 0.357 e. The minimum Gasteiger partial charge on any atom is -0.448 e. The lowest BCUT2D eigenvalue weighted by molar-refractivity contribution is -0.140. The Labute approximate surface area is 157 Å². The van der Waals surface area contributed by atoms with Crippen LogP contribution in [0, 0.1) is 0 Å². The number of fused-ring (bicyclic) bond motifs is 2. The number of hydrogen-bond donors (Lipinski definition) is 0. The summed E-state index contributed by atoms with van der Waals surface area (Å²) in [5.41, 5.74) is 3.34. The van der Waals surface area contributed by atoms with Crippen LogP contribution in [0.4, 0.5) is 0 Å². The second kappa shape index (κ2) is 7.19. The molecule has 27 heavy (non-hydrogen) atoms. The van der Waals surface area contributed by atoms with Crippen LogP contribution in [0.2, 0.25) is 0 Å². The molecule has 0 saturated heterocycles. The van der Waals surface area contributed by atoms with Crippen molar-refractivity contribution in [2.24, 2.45) is 0 Å². The number of amides is 1. The Hall–Kier alpha value is -3.21. The van der Waals surface area contributed by atoms with Crippen molar-refractivity contribution in [2.45, 2.75) is 26.0 Å². The van der Waals surface area contributed by atoms with Crippen molar-refractivity contribution in [1.82, 2.24) is 9.88 Å². The number of rotatable bonds is 3. The van der Waals surface area contributed by atoms with Crippen molar-refractivity contribution in [3.63, 3.8) is 0 Å². The number of carbonyl (C=O) groups is 2. The Morgan fingerprint density at radius 2 is 1.74 bits per heavy atom. The van der Waals surface area contributed by atoms with Gasteiger partial charge in [0.1, 0.15) is 5.69 Å². The van der Waals surface area contributed by atoms with Gasteiger partial charge in [-0.15, -0.1) is 0 Å². The second-order valence-corrected chi connectivity index (χ2v) is 6.72. The summed E-state index contributed by atoms with van der Waals surface area (Å²) in [5.74, 6) is -0.766. The highest BCUT2D eigenvalue weighted by Crippen LogP contribution is 2.20. The van der Waals surface area contributed by atoms with E-state index in [1.165, 1.54) is 5.56 Å². The van der Waals surface area contributed by atoms with Gasteiger partial charge >= 0.3 is 5.97 Å². The molecule has 2 heterocycles. The Balaban J connectivity index is 1.44. The molecule has 0 N–H and O–H groups in total. The van der Waals surface area contributed by atoms with E-state index in [1.54, 1.807) is 17.9 Å². The number of aromatic nitrogens is 1. The molecule has 4 rings (SSSR count). The van der Waals surface area contributed by atoms with E-state index in [1.807, 2.05) is 48.5 Å². The fraction of sp³-hybridized carbons (Fsp3) is 0.227. The number of hydrogen-bond acceptors (Lipinski definition) is 4. The zero-order valence-electron chi connectivity index (χ0n) is 15.1. The Morgan fingerprint density at radius 3 is 2.59 bits per heavy atom. The molecule has 1 aliphatic heterocycles. The van der Waals surface area contributed by atoms with Crippen molar-refractivity contribution < 1.29 is 14.3 Å². The first-order valence-corrected chi connectivity index (χ1v) is 9.04. The van der Waals surface area contributed by atoms with Crippen LogP contribution in [0.5, 0.6) is 0 Å². The molecule has 1 amide bonds. The van der Waals surface area contributed by atoms with Crippen molar-refractivity contribution in [3.05, 3.63) is 77.5 Å². The summed E-state index contributed by atoms with van der Waals surface area (Å²) < 4.78 is 5.40. The normalized spacial score (nSPS) is 14.5. The summed E-state index contributed by atoms with van der Waals surface area (Å²) in [4.78, 5) is 31.2. The number of nitrogens with zero attached hydrogens (tertiary/aromatic N) is 2. The minimum atomic E-state index is -0.851. The van der Waals surface area contributed by atoms with E-state index >= 15 is 0 Å². The standard InChI is InChI=1S/C22H20N2O3/c1-15(21(25)24-13-12-16-6-2-3-8-18(16)14-24)27-22(26)20-11-10-17-7-4-5-9-19(17)23-20/h2-11,15H,12-14H2,1H3/t15-/m1/s1. The summed E-state index contributed by atoms with van der Waals surface area (Å²) in [5, 5.41) is 0.949. The van der Waals surface area contributed by atoms with Crippen LogP contribution in [-0.2, 0) is 22.5 Å². The zero-order valence-corrected chi connectivity index (χ0v) is 15.1. The van der Waals surface area contributed by atoms with Gasteiger partial charge in [-0.05, 0) is 36.6 Å². The molecule has 0 saturated carbocycles. The third-order valence-corrected chi connectivity index (χ3v) is 4.88. The molecule has 5 heteroatoms. The highest BCUT2D eigenvalue weighted by atomic mass is 16.5. The maximum absolute atomic E-state index is 12.7. The first kappa shape index (κ1) is 17.2. The van der Waals surface area contributed by atoms with E-state index in [4.69, 9.17) is 4.74 Å². The highest BCUT2D eigenvalue weighted by molar-refractivity contribution is 5.93. The number of esters is 1. The third kappa shape index (κ3) is 3.53. The van der Waals surface area contributed by atoms with Crippen LogP contribution in [0.1, 0.15) is 28.5 Å². The summed E-state index contributed by atoms with van der Waals surface area (Å²) in [7, 11) is 0. The van der Waals surface area contributed by atoms with Crippen LogP contribution in [0.25, 0.3) is 10.9 Å². The van der Waals surface area contributed by atoms with Gasteiger partial charge in [0.05, 0.1) is 5.52 Å². The van der Waals surface area contributed by atoms with E-state index in [2.05, 4.69) is 11.1 Å². The molecular weight excluding hydrogens is 340 g/mol. The Kier molecular flexibility index (Phi) is 4.59. The Morgan fingerprint density at radius 1 is 1.00 bits per heavy atom. The number of para-hydroxylation sites is 1. The van der Waals surface area contributed by atoms with E-state index in [-0.39, 0.29) is 11.6 Å². The Bertz CT molecular complexity index is 1020. The fourth-order valence-corrected chi connectivity index (χ4v) is 3.39. The highest BCUT2D eigenvalue weighted by Gasteiger charge is 2.27. The molecule has 0 fully saturated rings. The monoisotopic (exact) mass is 360 g/mol. The SMILES string of the molecule is C[C@@H](OC(=O)c1ccc2ccccc2n1)C(=O)N1CCc2ccccc2C1. The lowest BCUT2D eigenvalue weighted by Crippen LogP contribution is -2.42. The minimum absolute atomic E-state index is 0.182. The van der Waals surface area contributed by atoms with Crippen LogP contribution in [0.15, 0.2) is 60.7 Å². The molecule has 136 valence electrons. The van der Waals surface area contributed by atoms with E-state index in [9.17, 15) is 9.59 Å². The summed E-state index contributed by atoms with van der Waals surface area (Å²) in [6.45, 7) is 2.79. The van der Waals surface area contributed by atoms with Gasteiger partial charge in [-0.3, -0.25) is 4.79 Å². The molecule has 0 spiro atoms. The first-order valence-electron chi connectivity index (χ1n) is 9.04. The first-order chi connectivity index (χ1) is 13.1. The van der Waals surface area contributed by atoms with E-state index in [0.717, 1.165) is 22.9 Å². The molecule has 5 nitrogen and oxygen atoms in total. The smallest absolute Gasteiger partial charge is 0.357 e. The van der Waals surface area contributed by atoms with Crippen LogP contribution in [-0.4, -0.2) is 34.4 Å². The number of carbonyl (C=O) groups excluding carboxylic acids is 2. The maximum atomic E-state index is 12.7. The van der Waals surface area contributed by atoms with E-state index < -0.39 is 12.1 Å². The van der Waals surface area contributed by atoms with Gasteiger partial charge in [0, 0.05) is 18.5 Å².